The highest BCUT2D eigenvalue weighted by atomic mass is 16.4. The molecule has 0 saturated heterocycles. The Morgan fingerprint density at radius 3 is 2.27 bits per heavy atom. The van der Waals surface area contributed by atoms with Crippen LogP contribution in [-0.4, -0.2) is 22.2 Å². The van der Waals surface area contributed by atoms with Gasteiger partial charge in [-0.05, 0) is 31.3 Å². The Morgan fingerprint density at radius 2 is 1.80 bits per heavy atom. The normalized spacial score (nSPS) is 11.5. The molecule has 1 atom stereocenters. The molecule has 0 aliphatic rings. The maximum Gasteiger partial charge on any atom is 0.303 e. The van der Waals surface area contributed by atoms with Gasteiger partial charge in [-0.1, -0.05) is 6.58 Å². The SMILES string of the molecule is C=C=CC(CCCC(=O)O)CCC(=O)O. The number of carboxylic acid groups (broad SMARTS) is 2. The van der Waals surface area contributed by atoms with Crippen molar-refractivity contribution < 1.29 is 19.8 Å². The molecule has 4 nitrogen and oxygen atoms in total. The Balaban J connectivity index is 3.87. The smallest absolute Gasteiger partial charge is 0.303 e. The minimum absolute atomic E-state index is 0.0675. The van der Waals surface area contributed by atoms with E-state index in [0.29, 0.717) is 19.3 Å². The van der Waals surface area contributed by atoms with Crippen molar-refractivity contribution in [2.75, 3.05) is 0 Å². The van der Waals surface area contributed by atoms with Crippen LogP contribution in [0.2, 0.25) is 0 Å². The van der Waals surface area contributed by atoms with E-state index in [1.165, 1.54) is 0 Å². The Labute approximate surface area is 88.9 Å². The van der Waals surface area contributed by atoms with Crippen LogP contribution >= 0.6 is 0 Å². The van der Waals surface area contributed by atoms with E-state index in [0.717, 1.165) is 0 Å². The lowest BCUT2D eigenvalue weighted by Gasteiger charge is -2.08. The third-order valence-electron chi connectivity index (χ3n) is 2.05. The van der Waals surface area contributed by atoms with Crippen molar-refractivity contribution in [1.29, 1.82) is 0 Å². The number of rotatable bonds is 8. The molecule has 1 unspecified atom stereocenters. The van der Waals surface area contributed by atoms with Gasteiger partial charge in [0.2, 0.25) is 0 Å². The fourth-order valence-corrected chi connectivity index (χ4v) is 1.30. The summed E-state index contributed by atoms with van der Waals surface area (Å²) in [4.78, 5) is 20.6. The summed E-state index contributed by atoms with van der Waals surface area (Å²) in [6, 6.07) is 0. The highest BCUT2D eigenvalue weighted by molar-refractivity contribution is 5.67. The van der Waals surface area contributed by atoms with E-state index >= 15 is 0 Å². The molecule has 0 heterocycles. The first-order chi connectivity index (χ1) is 7.06. The lowest BCUT2D eigenvalue weighted by molar-refractivity contribution is -0.138. The number of hydrogen-bond acceptors (Lipinski definition) is 2. The standard InChI is InChI=1S/C11H16O4/c1-2-4-9(7-8-11(14)15)5-3-6-10(12)13/h4,9H,1,3,5-8H2,(H,12,13)(H,14,15). The van der Waals surface area contributed by atoms with Gasteiger partial charge in [0.1, 0.15) is 0 Å². The third-order valence-corrected chi connectivity index (χ3v) is 2.05. The molecule has 15 heavy (non-hydrogen) atoms. The molecule has 0 aliphatic heterocycles. The van der Waals surface area contributed by atoms with Crippen molar-refractivity contribution in [2.24, 2.45) is 5.92 Å². The topological polar surface area (TPSA) is 74.6 Å². The summed E-state index contributed by atoms with van der Waals surface area (Å²) in [6.45, 7) is 3.43. The molecule has 0 bridgehead atoms. The summed E-state index contributed by atoms with van der Waals surface area (Å²) in [5.74, 6) is -1.59. The van der Waals surface area contributed by atoms with Crippen molar-refractivity contribution in [3.63, 3.8) is 0 Å². The Morgan fingerprint density at radius 1 is 1.20 bits per heavy atom. The van der Waals surface area contributed by atoms with Crippen LogP contribution in [0.4, 0.5) is 0 Å². The van der Waals surface area contributed by atoms with Crippen LogP contribution in [0, 0.1) is 5.92 Å². The van der Waals surface area contributed by atoms with Gasteiger partial charge in [-0.15, -0.1) is 5.73 Å². The fraction of sp³-hybridized carbons (Fsp3) is 0.545. The Hall–Kier alpha value is -1.54. The molecule has 0 saturated carbocycles. The molecule has 0 aliphatic carbocycles. The first-order valence-electron chi connectivity index (χ1n) is 4.85. The quantitative estimate of drug-likeness (QED) is 0.604. The van der Waals surface area contributed by atoms with E-state index in [4.69, 9.17) is 10.2 Å². The van der Waals surface area contributed by atoms with Crippen molar-refractivity contribution >= 4 is 11.9 Å². The minimum Gasteiger partial charge on any atom is -0.481 e. The molecule has 0 amide bonds. The molecule has 0 fully saturated rings. The molecule has 0 radical (unpaired) electrons. The minimum atomic E-state index is -0.837. The lowest BCUT2D eigenvalue weighted by Crippen LogP contribution is -2.03. The van der Waals surface area contributed by atoms with Crippen molar-refractivity contribution in [2.45, 2.75) is 32.1 Å². The van der Waals surface area contributed by atoms with Crippen LogP contribution in [0.3, 0.4) is 0 Å². The van der Waals surface area contributed by atoms with Gasteiger partial charge in [0, 0.05) is 12.8 Å². The van der Waals surface area contributed by atoms with E-state index in [9.17, 15) is 9.59 Å². The van der Waals surface area contributed by atoms with E-state index in [1.54, 1.807) is 6.08 Å². The van der Waals surface area contributed by atoms with Crippen LogP contribution < -0.4 is 0 Å². The predicted octanol–water partition coefficient (Wildman–Crippen LogP) is 2.06. The van der Waals surface area contributed by atoms with Crippen LogP contribution in [0.15, 0.2) is 18.4 Å². The molecule has 84 valence electrons. The maximum atomic E-state index is 10.3. The number of aliphatic carboxylic acids is 2. The van der Waals surface area contributed by atoms with Crippen molar-refractivity contribution in [3.8, 4) is 0 Å². The van der Waals surface area contributed by atoms with E-state index in [1.807, 2.05) is 0 Å². The number of hydrogen-bond donors (Lipinski definition) is 2. The monoisotopic (exact) mass is 212 g/mol. The van der Waals surface area contributed by atoms with E-state index < -0.39 is 11.9 Å². The van der Waals surface area contributed by atoms with Gasteiger partial charge in [0.15, 0.2) is 0 Å². The second-order valence-electron chi connectivity index (χ2n) is 3.35. The van der Waals surface area contributed by atoms with Crippen LogP contribution in [0.5, 0.6) is 0 Å². The highest BCUT2D eigenvalue weighted by Gasteiger charge is 2.08. The number of allylic oxidation sites excluding steroid dienone is 1. The molecule has 0 aromatic heterocycles. The van der Waals surface area contributed by atoms with E-state index in [2.05, 4.69) is 12.3 Å². The summed E-state index contributed by atoms with van der Waals surface area (Å²) >= 11 is 0. The molecular weight excluding hydrogens is 196 g/mol. The Kier molecular flexibility index (Phi) is 7.02. The van der Waals surface area contributed by atoms with Crippen molar-refractivity contribution in [3.05, 3.63) is 18.4 Å². The third kappa shape index (κ3) is 8.78. The summed E-state index contributed by atoms with van der Waals surface area (Å²) in [7, 11) is 0. The van der Waals surface area contributed by atoms with E-state index in [-0.39, 0.29) is 18.8 Å². The summed E-state index contributed by atoms with van der Waals surface area (Å²) in [5, 5.41) is 16.9. The van der Waals surface area contributed by atoms with Crippen LogP contribution in [0.1, 0.15) is 32.1 Å². The Bertz CT molecular complexity index is 264. The zero-order chi connectivity index (χ0) is 11.7. The highest BCUT2D eigenvalue weighted by Crippen LogP contribution is 2.16. The number of carbonyl (C=O) groups is 2. The zero-order valence-corrected chi connectivity index (χ0v) is 8.61. The van der Waals surface area contributed by atoms with Gasteiger partial charge >= 0.3 is 11.9 Å². The van der Waals surface area contributed by atoms with Crippen LogP contribution in [0.25, 0.3) is 0 Å². The first kappa shape index (κ1) is 13.5. The average molecular weight is 212 g/mol. The molecule has 0 aromatic rings. The van der Waals surface area contributed by atoms with Gasteiger partial charge in [-0.2, -0.15) is 0 Å². The largest absolute Gasteiger partial charge is 0.481 e. The summed E-state index contributed by atoms with van der Waals surface area (Å²) in [6.07, 6.45) is 3.66. The number of carboxylic acids is 2. The molecular formula is C11H16O4. The van der Waals surface area contributed by atoms with Gasteiger partial charge in [0.25, 0.3) is 0 Å². The molecule has 4 heteroatoms. The first-order valence-corrected chi connectivity index (χ1v) is 4.85. The lowest BCUT2D eigenvalue weighted by atomic mass is 9.96. The predicted molar refractivity (Wildman–Crippen MR) is 55.6 cm³/mol. The molecule has 0 spiro atoms. The molecule has 0 aromatic carbocycles. The van der Waals surface area contributed by atoms with Gasteiger partial charge < -0.3 is 10.2 Å². The maximum absolute atomic E-state index is 10.3. The van der Waals surface area contributed by atoms with Gasteiger partial charge in [0.05, 0.1) is 0 Å². The van der Waals surface area contributed by atoms with Crippen LogP contribution in [-0.2, 0) is 9.59 Å². The van der Waals surface area contributed by atoms with Crippen molar-refractivity contribution in [1.82, 2.24) is 0 Å². The summed E-state index contributed by atoms with van der Waals surface area (Å²) in [5.41, 5.74) is 2.61. The fourth-order valence-electron chi connectivity index (χ4n) is 1.30. The summed E-state index contributed by atoms with van der Waals surface area (Å²) < 4.78 is 0. The average Bonchev–Trinajstić information content (AvgIpc) is 2.13. The molecule has 2 N–H and O–H groups in total. The van der Waals surface area contributed by atoms with Gasteiger partial charge in [-0.3, -0.25) is 9.59 Å². The second-order valence-corrected chi connectivity index (χ2v) is 3.35. The second kappa shape index (κ2) is 7.83. The van der Waals surface area contributed by atoms with Gasteiger partial charge in [-0.25, -0.2) is 0 Å². The zero-order valence-electron chi connectivity index (χ0n) is 8.61. The molecule has 0 rings (SSSR count).